The zero-order valence-corrected chi connectivity index (χ0v) is 11.0. The van der Waals surface area contributed by atoms with Crippen molar-refractivity contribution in [3.05, 3.63) is 64.5 Å². The van der Waals surface area contributed by atoms with Gasteiger partial charge in [0.05, 0.1) is 5.56 Å². The summed E-state index contributed by atoms with van der Waals surface area (Å²) in [6.45, 7) is 3.60. The minimum Gasteiger partial charge on any atom is -0.287 e. The van der Waals surface area contributed by atoms with Crippen LogP contribution >= 0.6 is 0 Å². The number of alkyl halides is 3. The van der Waals surface area contributed by atoms with Crippen molar-refractivity contribution >= 4 is 5.78 Å². The van der Waals surface area contributed by atoms with Crippen LogP contribution in [0.25, 0.3) is 0 Å². The van der Waals surface area contributed by atoms with Crippen molar-refractivity contribution in [2.75, 3.05) is 0 Å². The van der Waals surface area contributed by atoms with E-state index in [2.05, 4.69) is 4.98 Å². The lowest BCUT2D eigenvalue weighted by molar-refractivity contribution is -0.137. The van der Waals surface area contributed by atoms with Gasteiger partial charge in [0.2, 0.25) is 5.78 Å². The molecule has 0 bridgehead atoms. The molecule has 104 valence electrons. The number of halogens is 3. The van der Waals surface area contributed by atoms with Gasteiger partial charge in [0.15, 0.2) is 0 Å². The largest absolute Gasteiger partial charge is 0.416 e. The smallest absolute Gasteiger partial charge is 0.287 e. The van der Waals surface area contributed by atoms with Crippen LogP contribution in [0.4, 0.5) is 13.2 Å². The Balaban J connectivity index is 2.34. The lowest BCUT2D eigenvalue weighted by Crippen LogP contribution is -2.09. The van der Waals surface area contributed by atoms with Crippen LogP contribution in [-0.4, -0.2) is 10.8 Å². The Morgan fingerprint density at radius 3 is 2.20 bits per heavy atom. The van der Waals surface area contributed by atoms with Crippen LogP contribution in [0, 0.1) is 13.8 Å². The Morgan fingerprint density at radius 1 is 1.10 bits per heavy atom. The fraction of sp³-hybridized carbons (Fsp3) is 0.200. The second-order valence-electron chi connectivity index (χ2n) is 4.58. The average molecular weight is 279 g/mol. The van der Waals surface area contributed by atoms with Crippen molar-refractivity contribution < 1.29 is 18.0 Å². The van der Waals surface area contributed by atoms with E-state index in [0.717, 1.165) is 17.7 Å². The van der Waals surface area contributed by atoms with Gasteiger partial charge >= 0.3 is 6.18 Å². The minimum absolute atomic E-state index is 0.192. The van der Waals surface area contributed by atoms with Gasteiger partial charge in [-0.15, -0.1) is 0 Å². The fourth-order valence-electron chi connectivity index (χ4n) is 1.90. The number of aryl methyl sites for hydroxylation is 2. The van der Waals surface area contributed by atoms with Gasteiger partial charge in [-0.1, -0.05) is 18.2 Å². The number of benzene rings is 1. The first-order valence-corrected chi connectivity index (χ1v) is 5.94. The van der Waals surface area contributed by atoms with Crippen LogP contribution in [0.5, 0.6) is 0 Å². The summed E-state index contributed by atoms with van der Waals surface area (Å²) in [5.41, 5.74) is 1.30. The Kier molecular flexibility index (Phi) is 3.61. The molecule has 2 aromatic rings. The third-order valence-electron chi connectivity index (χ3n) is 2.90. The van der Waals surface area contributed by atoms with Gasteiger partial charge in [-0.25, -0.2) is 0 Å². The molecule has 0 saturated heterocycles. The Hall–Kier alpha value is -2.17. The van der Waals surface area contributed by atoms with Gasteiger partial charge in [-0.2, -0.15) is 13.2 Å². The number of rotatable bonds is 2. The number of aromatic nitrogens is 1. The minimum atomic E-state index is -4.40. The maximum Gasteiger partial charge on any atom is 0.416 e. The summed E-state index contributed by atoms with van der Waals surface area (Å²) in [6.07, 6.45) is -2.84. The molecule has 0 atom stereocenters. The van der Waals surface area contributed by atoms with E-state index in [1.165, 1.54) is 12.1 Å². The molecule has 2 nitrogen and oxygen atoms in total. The number of pyridine rings is 1. The van der Waals surface area contributed by atoms with E-state index in [4.69, 9.17) is 0 Å². The van der Waals surface area contributed by atoms with Crippen molar-refractivity contribution in [2.24, 2.45) is 0 Å². The molecule has 1 heterocycles. The van der Waals surface area contributed by atoms with E-state index >= 15 is 0 Å². The van der Waals surface area contributed by atoms with E-state index in [-0.39, 0.29) is 17.0 Å². The average Bonchev–Trinajstić information content (AvgIpc) is 2.37. The molecule has 0 amide bonds. The fourth-order valence-corrected chi connectivity index (χ4v) is 1.90. The van der Waals surface area contributed by atoms with Crippen molar-refractivity contribution in [1.29, 1.82) is 0 Å². The van der Waals surface area contributed by atoms with Gasteiger partial charge in [0.25, 0.3) is 0 Å². The number of ketones is 1. The number of carbonyl (C=O) groups excluding carboxylic acids is 1. The quantitative estimate of drug-likeness (QED) is 0.779. The van der Waals surface area contributed by atoms with Crippen LogP contribution in [0.3, 0.4) is 0 Å². The second-order valence-corrected chi connectivity index (χ2v) is 4.58. The third-order valence-corrected chi connectivity index (χ3v) is 2.90. The molecular weight excluding hydrogens is 267 g/mol. The van der Waals surface area contributed by atoms with Crippen LogP contribution in [0.2, 0.25) is 0 Å². The van der Waals surface area contributed by atoms with Crippen LogP contribution in [-0.2, 0) is 6.18 Å². The first kappa shape index (κ1) is 14.2. The summed E-state index contributed by atoms with van der Waals surface area (Å²) < 4.78 is 37.4. The van der Waals surface area contributed by atoms with Crippen molar-refractivity contribution in [1.82, 2.24) is 4.98 Å². The van der Waals surface area contributed by atoms with Gasteiger partial charge in [-0.3, -0.25) is 9.78 Å². The second kappa shape index (κ2) is 5.07. The molecular formula is C15H12F3NO. The molecule has 0 fully saturated rings. The molecule has 0 aliphatic carbocycles. The van der Waals surface area contributed by atoms with E-state index in [9.17, 15) is 18.0 Å². The zero-order valence-electron chi connectivity index (χ0n) is 11.0. The number of hydrogen-bond acceptors (Lipinski definition) is 2. The predicted octanol–water partition coefficient (Wildman–Crippen LogP) is 3.95. The molecule has 0 spiro atoms. The predicted molar refractivity (Wildman–Crippen MR) is 68.6 cm³/mol. The highest BCUT2D eigenvalue weighted by Crippen LogP contribution is 2.29. The molecule has 0 radical (unpaired) electrons. The Labute approximate surface area is 114 Å². The lowest BCUT2D eigenvalue weighted by atomic mass is 10.0. The monoisotopic (exact) mass is 279 g/mol. The maximum absolute atomic E-state index is 12.5. The number of carbonyl (C=O) groups is 1. The normalized spacial score (nSPS) is 11.4. The Morgan fingerprint density at radius 2 is 1.70 bits per heavy atom. The van der Waals surface area contributed by atoms with Crippen molar-refractivity contribution in [3.8, 4) is 0 Å². The van der Waals surface area contributed by atoms with Gasteiger partial charge in [0.1, 0.15) is 5.69 Å². The Bertz CT molecular complexity index is 645. The number of nitrogens with zero attached hydrogens (tertiary/aromatic N) is 1. The van der Waals surface area contributed by atoms with Crippen molar-refractivity contribution in [2.45, 2.75) is 20.0 Å². The third kappa shape index (κ3) is 2.87. The molecule has 1 aromatic carbocycles. The molecule has 0 unspecified atom stereocenters. The highest BCUT2D eigenvalue weighted by Gasteiger charge is 2.30. The first-order valence-electron chi connectivity index (χ1n) is 5.94. The zero-order chi connectivity index (χ0) is 14.9. The van der Waals surface area contributed by atoms with Crippen LogP contribution < -0.4 is 0 Å². The summed E-state index contributed by atoms with van der Waals surface area (Å²) in [5.74, 6) is -0.378. The molecule has 20 heavy (non-hydrogen) atoms. The lowest BCUT2D eigenvalue weighted by Gasteiger charge is -2.08. The summed E-state index contributed by atoms with van der Waals surface area (Å²) in [5, 5.41) is 0. The van der Waals surface area contributed by atoms with E-state index in [1.807, 2.05) is 13.0 Å². The maximum atomic E-state index is 12.5. The summed E-state index contributed by atoms with van der Waals surface area (Å²) in [6, 6.07) is 5.95. The number of hydrogen-bond donors (Lipinski definition) is 0. The SMILES string of the molecule is Cc1cnc(C(=O)c2ccc(C(F)(F)F)cc2)c(C)c1. The van der Waals surface area contributed by atoms with Gasteiger partial charge in [0, 0.05) is 11.8 Å². The van der Waals surface area contributed by atoms with Crippen molar-refractivity contribution in [3.63, 3.8) is 0 Å². The summed E-state index contributed by atoms with van der Waals surface area (Å²) in [7, 11) is 0. The molecule has 5 heteroatoms. The van der Waals surface area contributed by atoms with E-state index in [1.54, 1.807) is 13.1 Å². The van der Waals surface area contributed by atoms with Gasteiger partial charge < -0.3 is 0 Å². The molecule has 0 aliphatic rings. The molecule has 1 aromatic heterocycles. The van der Waals surface area contributed by atoms with E-state index in [0.29, 0.717) is 5.56 Å². The van der Waals surface area contributed by atoms with Crippen LogP contribution in [0.1, 0.15) is 32.7 Å². The first-order chi connectivity index (χ1) is 9.29. The standard InChI is InChI=1S/C15H12F3NO/c1-9-7-10(2)13(19-8-9)14(20)11-3-5-12(6-4-11)15(16,17)18/h3-8H,1-2H3. The van der Waals surface area contributed by atoms with E-state index < -0.39 is 11.7 Å². The highest BCUT2D eigenvalue weighted by molar-refractivity contribution is 6.08. The molecule has 2 rings (SSSR count). The van der Waals surface area contributed by atoms with Gasteiger partial charge in [-0.05, 0) is 37.1 Å². The summed E-state index contributed by atoms with van der Waals surface area (Å²) in [4.78, 5) is 16.2. The summed E-state index contributed by atoms with van der Waals surface area (Å²) >= 11 is 0. The molecule has 0 N–H and O–H groups in total. The topological polar surface area (TPSA) is 30.0 Å². The molecule has 0 saturated carbocycles. The molecule has 0 aliphatic heterocycles. The van der Waals surface area contributed by atoms with Crippen LogP contribution in [0.15, 0.2) is 36.5 Å². The highest BCUT2D eigenvalue weighted by atomic mass is 19.4.